The van der Waals surface area contributed by atoms with E-state index in [9.17, 15) is 9.18 Å². The van der Waals surface area contributed by atoms with Gasteiger partial charge in [0.05, 0.1) is 10.2 Å². The maximum absolute atomic E-state index is 13.5. The van der Waals surface area contributed by atoms with E-state index in [1.54, 1.807) is 29.6 Å². The van der Waals surface area contributed by atoms with Crippen molar-refractivity contribution in [2.45, 2.75) is 24.3 Å². The highest BCUT2D eigenvalue weighted by Gasteiger charge is 2.09. The molecule has 8 heteroatoms. The zero-order valence-electron chi connectivity index (χ0n) is 15.4. The number of rotatable bonds is 8. The van der Waals surface area contributed by atoms with E-state index in [1.807, 2.05) is 35.1 Å². The van der Waals surface area contributed by atoms with E-state index in [1.165, 1.54) is 23.5 Å². The van der Waals surface area contributed by atoms with Gasteiger partial charge < -0.3 is 4.57 Å². The van der Waals surface area contributed by atoms with Crippen molar-refractivity contribution in [3.63, 3.8) is 0 Å². The monoisotopic (exact) mass is 454 g/mol. The lowest BCUT2D eigenvalue weighted by atomic mass is 10.3. The first-order valence-electron chi connectivity index (χ1n) is 8.80. The number of thiazole rings is 1. The number of halogens is 2. The van der Waals surface area contributed by atoms with Crippen LogP contribution in [0.1, 0.15) is 12.8 Å². The number of nitrogens with zero attached hydrogens (tertiary/aromatic N) is 2. The highest BCUT2D eigenvalue weighted by molar-refractivity contribution is 7.99. The minimum absolute atomic E-state index is 0.137. The minimum Gasteiger partial charge on any atom is -0.316 e. The van der Waals surface area contributed by atoms with E-state index < -0.39 is 0 Å². The molecule has 0 saturated carbocycles. The predicted octanol–water partition coefficient (Wildman–Crippen LogP) is 5.86. The molecule has 0 aliphatic carbocycles. The smallest absolute Gasteiger partial charge is 0.248 e. The average molecular weight is 455 g/mol. The van der Waals surface area contributed by atoms with Gasteiger partial charge in [-0.05, 0) is 60.9 Å². The Morgan fingerprint density at radius 3 is 2.75 bits per heavy atom. The fourth-order valence-corrected chi connectivity index (χ4v) is 5.08. The van der Waals surface area contributed by atoms with Crippen LogP contribution in [0.3, 0.4) is 0 Å². The molecule has 3 aromatic rings. The Hall–Kier alpha value is -1.28. The molecule has 148 valence electrons. The first-order valence-corrected chi connectivity index (χ1v) is 12.4. The lowest BCUT2D eigenvalue weighted by Gasteiger charge is -2.03. The van der Waals surface area contributed by atoms with E-state index in [4.69, 9.17) is 11.6 Å². The lowest BCUT2D eigenvalue weighted by Crippen LogP contribution is -2.18. The fraction of sp³-hybridized carbons (Fsp3) is 0.300. The van der Waals surface area contributed by atoms with Gasteiger partial charge in [0.2, 0.25) is 5.91 Å². The number of hydrogen-bond donors (Lipinski definition) is 0. The van der Waals surface area contributed by atoms with Crippen LogP contribution in [0, 0.1) is 5.82 Å². The molecule has 0 bridgehead atoms. The fourth-order valence-electron chi connectivity index (χ4n) is 2.64. The molecule has 28 heavy (non-hydrogen) atoms. The van der Waals surface area contributed by atoms with E-state index in [0.29, 0.717) is 11.2 Å². The van der Waals surface area contributed by atoms with Gasteiger partial charge in [-0.2, -0.15) is 16.8 Å². The summed E-state index contributed by atoms with van der Waals surface area (Å²) in [6.07, 6.45) is 3.18. The molecule has 1 amide bonds. The van der Waals surface area contributed by atoms with Gasteiger partial charge >= 0.3 is 0 Å². The van der Waals surface area contributed by atoms with Gasteiger partial charge in [0.15, 0.2) is 4.80 Å². The summed E-state index contributed by atoms with van der Waals surface area (Å²) >= 11 is 10.7. The van der Waals surface area contributed by atoms with Crippen LogP contribution in [-0.2, 0) is 11.3 Å². The van der Waals surface area contributed by atoms with Gasteiger partial charge in [0.25, 0.3) is 0 Å². The molecule has 0 N–H and O–H groups in total. The first kappa shape index (κ1) is 21.4. The molecule has 3 rings (SSSR count). The van der Waals surface area contributed by atoms with Crippen molar-refractivity contribution in [1.82, 2.24) is 4.57 Å². The molecule has 0 atom stereocenters. The number of carbonyl (C=O) groups is 1. The molecule has 0 aliphatic heterocycles. The summed E-state index contributed by atoms with van der Waals surface area (Å²) in [5.41, 5.74) is 0.922. The Balaban J connectivity index is 1.66. The second kappa shape index (κ2) is 10.5. The molecule has 0 spiro atoms. The molecule has 0 saturated heterocycles. The van der Waals surface area contributed by atoms with Crippen LogP contribution in [0.2, 0.25) is 5.02 Å². The summed E-state index contributed by atoms with van der Waals surface area (Å²) in [5, 5.41) is 0.719. The van der Waals surface area contributed by atoms with Crippen molar-refractivity contribution in [2.75, 3.05) is 17.8 Å². The third-order valence-electron chi connectivity index (χ3n) is 4.00. The molecule has 0 aliphatic rings. The van der Waals surface area contributed by atoms with Gasteiger partial charge in [-0.3, -0.25) is 4.79 Å². The second-order valence-electron chi connectivity index (χ2n) is 6.05. The zero-order chi connectivity index (χ0) is 19.9. The van der Waals surface area contributed by atoms with Gasteiger partial charge in [0.1, 0.15) is 5.82 Å². The first-order chi connectivity index (χ1) is 13.6. The van der Waals surface area contributed by atoms with Crippen LogP contribution in [0.4, 0.5) is 4.39 Å². The number of thioether (sulfide) groups is 2. The number of fused-ring (bicyclic) bond motifs is 1. The molecule has 0 radical (unpaired) electrons. The Kier molecular flexibility index (Phi) is 8.02. The average Bonchev–Trinajstić information content (AvgIpc) is 3.00. The number of amides is 1. The van der Waals surface area contributed by atoms with E-state index in [2.05, 4.69) is 4.99 Å². The molecular formula is C20H20ClFN2OS3. The van der Waals surface area contributed by atoms with Crippen molar-refractivity contribution in [3.8, 4) is 0 Å². The predicted molar refractivity (Wildman–Crippen MR) is 120 cm³/mol. The maximum Gasteiger partial charge on any atom is 0.248 e. The summed E-state index contributed by atoms with van der Waals surface area (Å²) < 4.78 is 16.4. The van der Waals surface area contributed by atoms with Gasteiger partial charge in [-0.1, -0.05) is 22.9 Å². The molecule has 0 unspecified atom stereocenters. The van der Waals surface area contributed by atoms with Gasteiger partial charge in [0, 0.05) is 28.6 Å². The number of hydrogen-bond acceptors (Lipinski definition) is 4. The third kappa shape index (κ3) is 5.86. The highest BCUT2D eigenvalue weighted by Crippen LogP contribution is 2.22. The summed E-state index contributed by atoms with van der Waals surface area (Å²) in [7, 11) is 0. The summed E-state index contributed by atoms with van der Waals surface area (Å²) in [6, 6.07) is 12.4. The van der Waals surface area contributed by atoms with Crippen molar-refractivity contribution in [2.24, 2.45) is 4.99 Å². The summed E-state index contributed by atoms with van der Waals surface area (Å²) in [6.45, 7) is 0.741. The quantitative estimate of drug-likeness (QED) is 0.316. The number of aryl methyl sites for hydroxylation is 1. The number of aromatic nitrogens is 1. The van der Waals surface area contributed by atoms with Crippen LogP contribution in [-0.4, -0.2) is 28.2 Å². The van der Waals surface area contributed by atoms with Gasteiger partial charge in [-0.15, -0.1) is 11.8 Å². The van der Waals surface area contributed by atoms with E-state index >= 15 is 0 Å². The van der Waals surface area contributed by atoms with Crippen molar-refractivity contribution in [1.29, 1.82) is 0 Å². The lowest BCUT2D eigenvalue weighted by molar-refractivity contribution is -0.118. The third-order valence-corrected chi connectivity index (χ3v) is 6.98. The van der Waals surface area contributed by atoms with Crippen LogP contribution in [0.5, 0.6) is 0 Å². The summed E-state index contributed by atoms with van der Waals surface area (Å²) in [5.74, 6) is 1.33. The van der Waals surface area contributed by atoms with E-state index in [-0.39, 0.29) is 11.7 Å². The van der Waals surface area contributed by atoms with Crippen LogP contribution in [0.25, 0.3) is 10.2 Å². The second-order valence-corrected chi connectivity index (χ2v) is 9.65. The van der Waals surface area contributed by atoms with Crippen molar-refractivity contribution >= 4 is 62.6 Å². The highest BCUT2D eigenvalue weighted by atomic mass is 35.5. The standard InChI is InChI=1S/C20H20ClFN2OS3/c1-26-12-10-24-17-9-6-15(22)13-18(17)28-20(24)23-19(25)3-2-11-27-16-7-4-14(21)5-8-16/h4-9,13H,2-3,10-12H2,1H3. The summed E-state index contributed by atoms with van der Waals surface area (Å²) in [4.78, 5) is 18.5. The molecule has 0 fully saturated rings. The molecular weight excluding hydrogens is 435 g/mol. The topological polar surface area (TPSA) is 34.4 Å². The Labute approximate surface area is 181 Å². The molecule has 1 heterocycles. The molecule has 3 nitrogen and oxygen atoms in total. The van der Waals surface area contributed by atoms with Crippen molar-refractivity contribution < 1.29 is 9.18 Å². The van der Waals surface area contributed by atoms with Gasteiger partial charge in [-0.25, -0.2) is 4.39 Å². The van der Waals surface area contributed by atoms with E-state index in [0.717, 1.165) is 44.6 Å². The van der Waals surface area contributed by atoms with Crippen LogP contribution < -0.4 is 4.80 Å². The largest absolute Gasteiger partial charge is 0.316 e. The number of carbonyl (C=O) groups excluding carboxylic acids is 1. The Morgan fingerprint density at radius 1 is 1.21 bits per heavy atom. The Bertz CT molecular complexity index is 1010. The zero-order valence-corrected chi connectivity index (χ0v) is 18.6. The molecule has 1 aromatic heterocycles. The minimum atomic E-state index is -0.275. The van der Waals surface area contributed by atoms with Crippen LogP contribution in [0.15, 0.2) is 52.4 Å². The SMILES string of the molecule is CSCCn1c(=NC(=O)CCCSc2ccc(Cl)cc2)sc2cc(F)ccc21. The molecule has 2 aromatic carbocycles. The Morgan fingerprint density at radius 2 is 2.00 bits per heavy atom. The van der Waals surface area contributed by atoms with Crippen molar-refractivity contribution in [3.05, 3.63) is 58.1 Å². The number of benzene rings is 2. The normalized spacial score (nSPS) is 12.0. The van der Waals surface area contributed by atoms with Crippen LogP contribution >= 0.6 is 46.5 Å². The maximum atomic E-state index is 13.5.